The fourth-order valence-corrected chi connectivity index (χ4v) is 2.08. The number of nitrogen functional groups attached to an aromatic ring is 1. The number of hydrogen-bond acceptors (Lipinski definition) is 3. The minimum atomic E-state index is -0.317. The average Bonchev–Trinajstić information content (AvgIpc) is 2.38. The summed E-state index contributed by atoms with van der Waals surface area (Å²) >= 11 is 9.25. The maximum Gasteiger partial charge on any atom is 0.166 e. The molecule has 0 aliphatic rings. The molecule has 6 heteroatoms. The predicted octanol–water partition coefficient (Wildman–Crippen LogP) is 3.84. The number of aromatic nitrogens is 1. The number of nitrogens with zero attached hydrogens (tertiary/aromatic N) is 1. The molecule has 0 atom stereocenters. The van der Waals surface area contributed by atoms with Crippen LogP contribution in [0.1, 0.15) is 5.56 Å². The maximum absolute atomic E-state index is 13.1. The fraction of sp³-hybridized carbons (Fsp3) is 0.154. The number of anilines is 1. The van der Waals surface area contributed by atoms with Gasteiger partial charge >= 0.3 is 0 Å². The van der Waals surface area contributed by atoms with Gasteiger partial charge in [-0.25, -0.2) is 9.37 Å². The van der Waals surface area contributed by atoms with Crippen LogP contribution >= 0.6 is 27.5 Å². The Balaban J connectivity index is 2.00. The number of halogens is 3. The van der Waals surface area contributed by atoms with Gasteiger partial charge in [0, 0.05) is 22.1 Å². The summed E-state index contributed by atoms with van der Waals surface area (Å²) < 4.78 is 19.4. The van der Waals surface area contributed by atoms with Crippen molar-refractivity contribution in [1.29, 1.82) is 0 Å². The van der Waals surface area contributed by atoms with Crippen LogP contribution in [0.5, 0.6) is 5.75 Å². The molecule has 0 spiro atoms. The van der Waals surface area contributed by atoms with E-state index in [2.05, 4.69) is 20.9 Å². The fourth-order valence-electron chi connectivity index (χ4n) is 1.55. The summed E-state index contributed by atoms with van der Waals surface area (Å²) in [5.74, 6) is 0.485. The second-order valence-electron chi connectivity index (χ2n) is 3.87. The molecule has 0 radical (unpaired) electrons. The molecule has 0 unspecified atom stereocenters. The van der Waals surface area contributed by atoms with Crippen LogP contribution in [0, 0.1) is 5.82 Å². The molecule has 0 bridgehead atoms. The largest absolute Gasteiger partial charge is 0.489 e. The Morgan fingerprint density at radius 1 is 1.37 bits per heavy atom. The zero-order valence-electron chi connectivity index (χ0n) is 9.87. The van der Waals surface area contributed by atoms with Crippen molar-refractivity contribution in [3.8, 4) is 5.75 Å². The first-order chi connectivity index (χ1) is 9.06. The number of ether oxygens (including phenoxy) is 1. The van der Waals surface area contributed by atoms with E-state index in [0.29, 0.717) is 35.2 Å². The van der Waals surface area contributed by atoms with Gasteiger partial charge < -0.3 is 10.5 Å². The van der Waals surface area contributed by atoms with Gasteiger partial charge in [0.1, 0.15) is 5.82 Å². The van der Waals surface area contributed by atoms with Crippen molar-refractivity contribution in [2.45, 2.75) is 6.42 Å². The van der Waals surface area contributed by atoms with Crippen LogP contribution < -0.4 is 10.5 Å². The molecule has 2 rings (SSSR count). The molecule has 100 valence electrons. The summed E-state index contributed by atoms with van der Waals surface area (Å²) in [4.78, 5) is 3.96. The number of pyridine rings is 1. The molecule has 0 amide bonds. The Morgan fingerprint density at radius 3 is 2.95 bits per heavy atom. The summed E-state index contributed by atoms with van der Waals surface area (Å²) in [7, 11) is 0. The van der Waals surface area contributed by atoms with Crippen molar-refractivity contribution < 1.29 is 9.13 Å². The lowest BCUT2D eigenvalue weighted by Gasteiger charge is -2.09. The van der Waals surface area contributed by atoms with Gasteiger partial charge in [-0.1, -0.05) is 11.6 Å². The van der Waals surface area contributed by atoms with Crippen LogP contribution in [0.4, 0.5) is 10.2 Å². The van der Waals surface area contributed by atoms with Crippen molar-refractivity contribution in [2.75, 3.05) is 12.3 Å². The summed E-state index contributed by atoms with van der Waals surface area (Å²) in [5.41, 5.74) is 6.38. The molecule has 0 saturated carbocycles. The highest BCUT2D eigenvalue weighted by Crippen LogP contribution is 2.24. The van der Waals surface area contributed by atoms with E-state index in [-0.39, 0.29) is 5.82 Å². The van der Waals surface area contributed by atoms with Gasteiger partial charge in [-0.2, -0.15) is 0 Å². The molecule has 2 N–H and O–H groups in total. The smallest absolute Gasteiger partial charge is 0.166 e. The van der Waals surface area contributed by atoms with E-state index in [0.717, 1.165) is 4.47 Å². The van der Waals surface area contributed by atoms with Gasteiger partial charge in [0.05, 0.1) is 6.61 Å². The lowest BCUT2D eigenvalue weighted by atomic mass is 10.1. The average molecular weight is 346 g/mol. The molecule has 1 aromatic heterocycles. The van der Waals surface area contributed by atoms with E-state index in [1.807, 2.05) is 0 Å². The van der Waals surface area contributed by atoms with E-state index in [1.165, 1.54) is 18.2 Å². The highest BCUT2D eigenvalue weighted by molar-refractivity contribution is 9.10. The number of nitrogens with two attached hydrogens (primary N) is 1. The zero-order valence-corrected chi connectivity index (χ0v) is 12.2. The third kappa shape index (κ3) is 3.81. The van der Waals surface area contributed by atoms with Crippen LogP contribution in [-0.2, 0) is 6.42 Å². The molecule has 19 heavy (non-hydrogen) atoms. The molecular weight excluding hydrogens is 335 g/mol. The number of benzene rings is 1. The van der Waals surface area contributed by atoms with Crippen molar-refractivity contribution in [3.05, 3.63) is 51.3 Å². The van der Waals surface area contributed by atoms with E-state index in [9.17, 15) is 4.39 Å². The topological polar surface area (TPSA) is 48.1 Å². The Hall–Kier alpha value is -1.33. The summed E-state index contributed by atoms with van der Waals surface area (Å²) in [6.07, 6.45) is 2.08. The van der Waals surface area contributed by atoms with E-state index >= 15 is 0 Å². The Bertz CT molecular complexity index is 543. The minimum absolute atomic E-state index is 0.313. The summed E-state index contributed by atoms with van der Waals surface area (Å²) in [6.45, 7) is 0.339. The normalized spacial score (nSPS) is 10.5. The SMILES string of the molecule is Nc1ncc(Br)cc1OCCc1cc(F)ccc1Cl. The van der Waals surface area contributed by atoms with Gasteiger partial charge in [-0.3, -0.25) is 0 Å². The molecule has 0 aliphatic heterocycles. The predicted molar refractivity (Wildman–Crippen MR) is 77.0 cm³/mol. The van der Waals surface area contributed by atoms with Crippen LogP contribution in [0.25, 0.3) is 0 Å². The molecule has 0 fully saturated rings. The molecule has 1 heterocycles. The molecule has 0 aliphatic carbocycles. The van der Waals surface area contributed by atoms with Crippen LogP contribution in [0.15, 0.2) is 34.9 Å². The van der Waals surface area contributed by atoms with Gasteiger partial charge in [-0.15, -0.1) is 0 Å². The Morgan fingerprint density at radius 2 is 2.16 bits per heavy atom. The zero-order chi connectivity index (χ0) is 13.8. The Kier molecular flexibility index (Phi) is 4.61. The molecule has 3 nitrogen and oxygen atoms in total. The van der Waals surface area contributed by atoms with Crippen molar-refractivity contribution in [2.24, 2.45) is 0 Å². The molecule has 2 aromatic rings. The minimum Gasteiger partial charge on any atom is -0.489 e. The molecular formula is C13H11BrClFN2O. The van der Waals surface area contributed by atoms with Crippen LogP contribution in [-0.4, -0.2) is 11.6 Å². The third-order valence-corrected chi connectivity index (χ3v) is 3.29. The van der Waals surface area contributed by atoms with Crippen LogP contribution in [0.2, 0.25) is 5.02 Å². The highest BCUT2D eigenvalue weighted by Gasteiger charge is 2.05. The maximum atomic E-state index is 13.1. The van der Waals surface area contributed by atoms with Gasteiger partial charge in [0.15, 0.2) is 11.6 Å². The first kappa shape index (κ1) is 14.1. The first-order valence-electron chi connectivity index (χ1n) is 5.54. The standard InChI is InChI=1S/C13H11BrClFN2O/c14-9-6-12(13(17)18-7-9)19-4-3-8-5-10(16)1-2-11(8)15/h1-2,5-7H,3-4H2,(H2,17,18). The Labute approximate surface area is 123 Å². The van der Waals surface area contributed by atoms with Gasteiger partial charge in [0.25, 0.3) is 0 Å². The summed E-state index contributed by atoms with van der Waals surface area (Å²) in [5, 5.41) is 0.519. The van der Waals surface area contributed by atoms with Crippen LogP contribution in [0.3, 0.4) is 0 Å². The van der Waals surface area contributed by atoms with Crippen molar-refractivity contribution in [3.63, 3.8) is 0 Å². The molecule has 0 saturated heterocycles. The lowest BCUT2D eigenvalue weighted by molar-refractivity contribution is 0.322. The quantitative estimate of drug-likeness (QED) is 0.916. The third-order valence-electron chi connectivity index (χ3n) is 2.49. The van der Waals surface area contributed by atoms with Gasteiger partial charge in [0.2, 0.25) is 0 Å². The van der Waals surface area contributed by atoms with Gasteiger partial charge in [-0.05, 0) is 45.8 Å². The highest BCUT2D eigenvalue weighted by atomic mass is 79.9. The monoisotopic (exact) mass is 344 g/mol. The van der Waals surface area contributed by atoms with E-state index < -0.39 is 0 Å². The molecule has 1 aromatic carbocycles. The first-order valence-corrected chi connectivity index (χ1v) is 6.71. The van der Waals surface area contributed by atoms with E-state index in [4.69, 9.17) is 22.1 Å². The lowest BCUT2D eigenvalue weighted by Crippen LogP contribution is -2.05. The number of hydrogen-bond donors (Lipinski definition) is 1. The van der Waals surface area contributed by atoms with Crippen molar-refractivity contribution in [1.82, 2.24) is 4.98 Å². The van der Waals surface area contributed by atoms with E-state index in [1.54, 1.807) is 12.3 Å². The van der Waals surface area contributed by atoms with Crippen molar-refractivity contribution >= 4 is 33.3 Å². The number of rotatable bonds is 4. The summed E-state index contributed by atoms with van der Waals surface area (Å²) in [6, 6.07) is 5.98. The second-order valence-corrected chi connectivity index (χ2v) is 5.19. The second kappa shape index (κ2) is 6.21.